The van der Waals surface area contributed by atoms with Crippen LogP contribution in [0.25, 0.3) is 0 Å². The van der Waals surface area contributed by atoms with Gasteiger partial charge in [0.15, 0.2) is 9.84 Å². The predicted octanol–water partition coefficient (Wildman–Crippen LogP) is 3.30. The van der Waals surface area contributed by atoms with E-state index in [1.807, 2.05) is 38.1 Å². The highest BCUT2D eigenvalue weighted by atomic mass is 32.2. The minimum Gasteiger partial charge on any atom is -0.494 e. The summed E-state index contributed by atoms with van der Waals surface area (Å²) in [5.74, 6) is 0.753. The molecule has 140 valence electrons. The van der Waals surface area contributed by atoms with Gasteiger partial charge in [-0.1, -0.05) is 30.3 Å². The molecule has 1 N–H and O–H groups in total. The summed E-state index contributed by atoms with van der Waals surface area (Å²) in [6.45, 7) is 4.39. The van der Waals surface area contributed by atoms with Crippen molar-refractivity contribution < 1.29 is 17.9 Å². The number of nitrogens with one attached hydrogen (secondary N) is 1. The smallest absolute Gasteiger partial charge is 0.220 e. The Morgan fingerprint density at radius 3 is 2.38 bits per heavy atom. The fourth-order valence-electron chi connectivity index (χ4n) is 2.66. The molecule has 6 heteroatoms. The lowest BCUT2D eigenvalue weighted by atomic mass is 10.1. The number of carbonyl (C=O) groups excluding carboxylic acids is 1. The number of rotatable bonds is 8. The molecule has 0 bridgehead atoms. The maximum atomic E-state index is 12.2. The number of hydrogen-bond acceptors (Lipinski definition) is 4. The van der Waals surface area contributed by atoms with Crippen LogP contribution in [0.2, 0.25) is 0 Å². The highest BCUT2D eigenvalue weighted by Crippen LogP contribution is 2.20. The minimum absolute atomic E-state index is 0.0593. The van der Waals surface area contributed by atoms with Crippen molar-refractivity contribution in [2.45, 2.75) is 37.6 Å². The molecule has 1 amide bonds. The monoisotopic (exact) mass is 375 g/mol. The van der Waals surface area contributed by atoms with E-state index in [2.05, 4.69) is 5.32 Å². The molecule has 0 saturated heterocycles. The van der Waals surface area contributed by atoms with Gasteiger partial charge in [0.2, 0.25) is 5.91 Å². The zero-order valence-corrected chi connectivity index (χ0v) is 16.2. The number of carbonyl (C=O) groups is 1. The van der Waals surface area contributed by atoms with Crippen molar-refractivity contribution in [2.75, 3.05) is 12.9 Å². The quantitative estimate of drug-likeness (QED) is 0.768. The molecular formula is C20H25NO4S. The first-order valence-corrected chi connectivity index (χ1v) is 10.5. The van der Waals surface area contributed by atoms with Crippen molar-refractivity contribution in [3.8, 4) is 5.75 Å². The van der Waals surface area contributed by atoms with Crippen LogP contribution in [0.5, 0.6) is 5.75 Å². The van der Waals surface area contributed by atoms with Gasteiger partial charge in [0.1, 0.15) is 5.75 Å². The largest absolute Gasteiger partial charge is 0.494 e. The van der Waals surface area contributed by atoms with Crippen LogP contribution >= 0.6 is 0 Å². The second-order valence-corrected chi connectivity index (χ2v) is 8.19. The number of hydrogen-bond donors (Lipinski definition) is 1. The molecule has 0 aliphatic heterocycles. The third kappa shape index (κ3) is 5.59. The van der Waals surface area contributed by atoms with E-state index in [0.29, 0.717) is 19.4 Å². The number of aryl methyl sites for hydroxylation is 1. The zero-order valence-electron chi connectivity index (χ0n) is 15.4. The summed E-state index contributed by atoms with van der Waals surface area (Å²) in [7, 11) is -3.22. The van der Waals surface area contributed by atoms with Gasteiger partial charge < -0.3 is 10.1 Å². The Kier molecular flexibility index (Phi) is 6.80. The molecule has 2 aromatic carbocycles. The first kappa shape index (κ1) is 20.0. The van der Waals surface area contributed by atoms with Gasteiger partial charge in [-0.05, 0) is 49.6 Å². The normalized spacial score (nSPS) is 12.4. The SMILES string of the molecule is CCOc1ccccc1CCC(=O)N[C@@H](C)c1ccc(S(C)(=O)=O)cc1. The van der Waals surface area contributed by atoms with Crippen LogP contribution in [-0.2, 0) is 21.1 Å². The standard InChI is InChI=1S/C20H25NO4S/c1-4-25-19-8-6-5-7-17(19)11-14-20(22)21-15(2)16-9-12-18(13-10-16)26(3,23)24/h5-10,12-13,15H,4,11,14H2,1-3H3,(H,21,22)/t15-/m0/s1. The molecule has 26 heavy (non-hydrogen) atoms. The third-order valence-corrected chi connectivity index (χ3v) is 5.21. The van der Waals surface area contributed by atoms with Crippen molar-refractivity contribution in [1.29, 1.82) is 0 Å². The molecule has 1 atom stereocenters. The highest BCUT2D eigenvalue weighted by Gasteiger charge is 2.13. The van der Waals surface area contributed by atoms with Crippen molar-refractivity contribution in [1.82, 2.24) is 5.32 Å². The van der Waals surface area contributed by atoms with Crippen LogP contribution in [0.3, 0.4) is 0 Å². The molecular weight excluding hydrogens is 350 g/mol. The van der Waals surface area contributed by atoms with E-state index in [9.17, 15) is 13.2 Å². The van der Waals surface area contributed by atoms with Gasteiger partial charge in [0.25, 0.3) is 0 Å². The number of amides is 1. The first-order chi connectivity index (χ1) is 12.3. The fraction of sp³-hybridized carbons (Fsp3) is 0.350. The van der Waals surface area contributed by atoms with Crippen molar-refractivity contribution in [3.63, 3.8) is 0 Å². The summed E-state index contributed by atoms with van der Waals surface area (Å²) in [4.78, 5) is 12.5. The molecule has 0 unspecified atom stereocenters. The molecule has 2 aromatic rings. The summed E-state index contributed by atoms with van der Waals surface area (Å²) in [6.07, 6.45) is 2.13. The van der Waals surface area contributed by atoms with Crippen LogP contribution in [-0.4, -0.2) is 27.2 Å². The molecule has 0 fully saturated rings. The summed E-state index contributed by atoms with van der Waals surface area (Å²) in [5, 5.41) is 2.95. The summed E-state index contributed by atoms with van der Waals surface area (Å²) in [5.41, 5.74) is 1.87. The Hall–Kier alpha value is -2.34. The predicted molar refractivity (Wildman–Crippen MR) is 102 cm³/mol. The molecule has 0 spiro atoms. The summed E-state index contributed by atoms with van der Waals surface area (Å²) < 4.78 is 28.6. The first-order valence-electron chi connectivity index (χ1n) is 8.61. The van der Waals surface area contributed by atoms with E-state index in [1.54, 1.807) is 24.3 Å². The Morgan fingerprint density at radius 2 is 1.77 bits per heavy atom. The molecule has 0 aromatic heterocycles. The number of ether oxygens (including phenoxy) is 1. The van der Waals surface area contributed by atoms with Gasteiger partial charge in [-0.15, -0.1) is 0 Å². The van der Waals surface area contributed by atoms with Crippen LogP contribution in [0, 0.1) is 0 Å². The van der Waals surface area contributed by atoms with E-state index < -0.39 is 9.84 Å². The zero-order chi connectivity index (χ0) is 19.2. The highest BCUT2D eigenvalue weighted by molar-refractivity contribution is 7.90. The average Bonchev–Trinajstić information content (AvgIpc) is 2.60. The van der Waals surface area contributed by atoms with Crippen LogP contribution in [0.4, 0.5) is 0 Å². The fourth-order valence-corrected chi connectivity index (χ4v) is 3.29. The van der Waals surface area contributed by atoms with E-state index >= 15 is 0 Å². The molecule has 5 nitrogen and oxygen atoms in total. The number of para-hydroxylation sites is 1. The second-order valence-electron chi connectivity index (χ2n) is 6.17. The van der Waals surface area contributed by atoms with E-state index in [-0.39, 0.29) is 16.8 Å². The summed E-state index contributed by atoms with van der Waals surface area (Å²) in [6, 6.07) is 14.1. The van der Waals surface area contributed by atoms with E-state index in [4.69, 9.17) is 4.74 Å². The summed E-state index contributed by atoms with van der Waals surface area (Å²) >= 11 is 0. The molecule has 2 rings (SSSR count). The van der Waals surface area contributed by atoms with Crippen molar-refractivity contribution in [2.24, 2.45) is 0 Å². The van der Waals surface area contributed by atoms with Crippen molar-refractivity contribution in [3.05, 3.63) is 59.7 Å². The van der Waals surface area contributed by atoms with E-state index in [0.717, 1.165) is 16.9 Å². The van der Waals surface area contributed by atoms with Gasteiger partial charge in [-0.25, -0.2) is 8.42 Å². The maximum Gasteiger partial charge on any atom is 0.220 e. The lowest BCUT2D eigenvalue weighted by Gasteiger charge is -2.15. The lowest BCUT2D eigenvalue weighted by Crippen LogP contribution is -2.26. The Balaban J connectivity index is 1.93. The lowest BCUT2D eigenvalue weighted by molar-refractivity contribution is -0.121. The maximum absolute atomic E-state index is 12.2. The Morgan fingerprint density at radius 1 is 1.12 bits per heavy atom. The molecule has 0 radical (unpaired) electrons. The van der Waals surface area contributed by atoms with Gasteiger partial charge in [0, 0.05) is 12.7 Å². The van der Waals surface area contributed by atoms with Crippen LogP contribution < -0.4 is 10.1 Å². The molecule has 0 saturated carbocycles. The van der Waals surface area contributed by atoms with E-state index in [1.165, 1.54) is 6.26 Å². The Bertz CT molecular complexity index is 844. The molecule has 0 aliphatic rings. The van der Waals surface area contributed by atoms with Gasteiger partial charge in [-0.2, -0.15) is 0 Å². The van der Waals surface area contributed by atoms with Gasteiger partial charge in [-0.3, -0.25) is 4.79 Å². The molecule has 0 heterocycles. The third-order valence-electron chi connectivity index (χ3n) is 4.08. The Labute approximate surface area is 155 Å². The average molecular weight is 375 g/mol. The van der Waals surface area contributed by atoms with Crippen LogP contribution in [0.1, 0.15) is 37.4 Å². The number of sulfone groups is 1. The van der Waals surface area contributed by atoms with Crippen molar-refractivity contribution >= 4 is 15.7 Å². The number of benzene rings is 2. The second kappa shape index (κ2) is 8.85. The van der Waals surface area contributed by atoms with Gasteiger partial charge in [0.05, 0.1) is 17.5 Å². The topological polar surface area (TPSA) is 72.5 Å². The van der Waals surface area contributed by atoms with Crippen LogP contribution in [0.15, 0.2) is 53.4 Å². The minimum atomic E-state index is -3.22. The van der Waals surface area contributed by atoms with Gasteiger partial charge >= 0.3 is 0 Å². The molecule has 0 aliphatic carbocycles.